The number of rotatable bonds is 5. The minimum Gasteiger partial charge on any atom is -1.00 e. The van der Waals surface area contributed by atoms with Gasteiger partial charge in [0.1, 0.15) is 0 Å². The normalized spacial score (nSPS) is 36.3. The molecular weight excluding hydrogens is 498 g/mol. The van der Waals surface area contributed by atoms with Crippen molar-refractivity contribution in [1.29, 1.82) is 0 Å². The van der Waals surface area contributed by atoms with Crippen molar-refractivity contribution in [2.75, 3.05) is 53.4 Å². The van der Waals surface area contributed by atoms with Gasteiger partial charge in [0.05, 0.1) is 53.4 Å². The van der Waals surface area contributed by atoms with Crippen molar-refractivity contribution in [3.05, 3.63) is 0 Å². The van der Waals surface area contributed by atoms with Crippen molar-refractivity contribution >= 4 is 0 Å². The summed E-state index contributed by atoms with van der Waals surface area (Å²) in [7, 11) is 5.03. The fourth-order valence-electron chi connectivity index (χ4n) is 5.55. The van der Waals surface area contributed by atoms with Crippen LogP contribution in [0.2, 0.25) is 0 Å². The Kier molecular flexibility index (Phi) is 8.94. The third kappa shape index (κ3) is 5.73. The zero-order valence-electron chi connectivity index (χ0n) is 14.7. The highest BCUT2D eigenvalue weighted by Crippen LogP contribution is 2.37. The molecule has 2 nitrogen and oxygen atoms in total. The minimum atomic E-state index is 0. The number of quaternary nitrogens is 2. The first-order chi connectivity index (χ1) is 9.57. The van der Waals surface area contributed by atoms with E-state index in [1.54, 1.807) is 6.42 Å². The van der Waals surface area contributed by atoms with Crippen LogP contribution in [0.1, 0.15) is 51.4 Å². The van der Waals surface area contributed by atoms with Crippen molar-refractivity contribution in [1.82, 2.24) is 0 Å². The maximum absolute atomic E-state index is 2.55. The Balaban J connectivity index is 0.00000121. The molecule has 0 spiro atoms. The number of nitrogens with zero attached hydrogens (tertiary/aromatic N) is 2. The number of halogens is 2. The highest BCUT2D eigenvalue weighted by Gasteiger charge is 2.38. The number of likely N-dealkylation sites (tertiary alicyclic amines) is 2. The molecule has 22 heavy (non-hydrogen) atoms. The molecule has 1 aliphatic carbocycles. The number of unbranched alkanes of at least 4 members (excludes halogenated alkanes) is 1. The molecule has 3 rings (SSSR count). The van der Waals surface area contributed by atoms with Gasteiger partial charge in [-0.05, 0) is 19.3 Å². The van der Waals surface area contributed by atoms with Gasteiger partial charge < -0.3 is 56.9 Å². The van der Waals surface area contributed by atoms with Crippen LogP contribution in [0, 0.1) is 11.8 Å². The van der Waals surface area contributed by atoms with Crippen molar-refractivity contribution in [2.45, 2.75) is 51.4 Å². The fraction of sp³-hybridized carbons (Fsp3) is 1.00. The van der Waals surface area contributed by atoms with E-state index in [0.29, 0.717) is 0 Å². The number of fused-ring (bicyclic) bond motifs is 2. The lowest BCUT2D eigenvalue weighted by atomic mass is 9.77. The Morgan fingerprint density at radius 1 is 0.727 bits per heavy atom. The van der Waals surface area contributed by atoms with Gasteiger partial charge in [-0.1, -0.05) is 6.42 Å². The molecule has 2 heterocycles. The number of piperidine rings is 1. The molecule has 2 saturated heterocycles. The van der Waals surface area contributed by atoms with Gasteiger partial charge in [-0.2, -0.15) is 0 Å². The maximum Gasteiger partial charge on any atom is 0.0813 e. The van der Waals surface area contributed by atoms with Crippen molar-refractivity contribution in [3.8, 4) is 0 Å². The van der Waals surface area contributed by atoms with Gasteiger partial charge in [-0.15, -0.1) is 0 Å². The lowest BCUT2D eigenvalue weighted by molar-refractivity contribution is -0.923. The van der Waals surface area contributed by atoms with Crippen LogP contribution in [0.15, 0.2) is 0 Å². The lowest BCUT2D eigenvalue weighted by Crippen LogP contribution is -3.00. The monoisotopic (exact) mass is 534 g/mol. The van der Waals surface area contributed by atoms with E-state index in [-0.39, 0.29) is 48.0 Å². The summed E-state index contributed by atoms with van der Waals surface area (Å²) in [5, 5.41) is 0. The van der Waals surface area contributed by atoms with Gasteiger partial charge in [0.2, 0.25) is 0 Å². The van der Waals surface area contributed by atoms with Crippen LogP contribution in [0.25, 0.3) is 0 Å². The van der Waals surface area contributed by atoms with Crippen molar-refractivity contribution in [3.63, 3.8) is 0 Å². The third-order valence-corrected chi connectivity index (χ3v) is 6.58. The molecule has 0 aromatic carbocycles. The first-order valence-corrected chi connectivity index (χ1v) is 9.24. The summed E-state index contributed by atoms with van der Waals surface area (Å²) in [5.74, 6) is 2.13. The SMILES string of the molecule is C[N+]1(CCCC[N+]2(C)CC3CCCC(C3)C2)CCCC1.[I-].[I-]. The van der Waals surface area contributed by atoms with Crippen LogP contribution in [-0.2, 0) is 0 Å². The van der Waals surface area contributed by atoms with Crippen LogP contribution in [0.5, 0.6) is 0 Å². The molecular formula is C18H36I2N2. The summed E-state index contributed by atoms with van der Waals surface area (Å²) in [4.78, 5) is 0. The second-order valence-electron chi connectivity index (χ2n) is 8.81. The average molecular weight is 534 g/mol. The van der Waals surface area contributed by atoms with Crippen LogP contribution in [0.3, 0.4) is 0 Å². The van der Waals surface area contributed by atoms with Crippen LogP contribution in [-0.4, -0.2) is 62.3 Å². The predicted octanol–water partition coefficient (Wildman–Crippen LogP) is -2.72. The van der Waals surface area contributed by atoms with E-state index < -0.39 is 0 Å². The van der Waals surface area contributed by atoms with E-state index in [2.05, 4.69) is 14.1 Å². The molecule has 0 aromatic rings. The summed E-state index contributed by atoms with van der Waals surface area (Å²) < 4.78 is 2.77. The fourth-order valence-corrected chi connectivity index (χ4v) is 5.55. The van der Waals surface area contributed by atoms with Crippen LogP contribution < -0.4 is 48.0 Å². The molecule has 3 aliphatic rings. The zero-order valence-corrected chi connectivity index (χ0v) is 19.0. The van der Waals surface area contributed by atoms with E-state index in [0.717, 1.165) is 11.8 Å². The molecule has 1 saturated carbocycles. The third-order valence-electron chi connectivity index (χ3n) is 6.58. The summed E-state index contributed by atoms with van der Waals surface area (Å²) >= 11 is 0. The molecule has 0 radical (unpaired) electrons. The second kappa shape index (κ2) is 9.18. The van der Waals surface area contributed by atoms with Gasteiger partial charge in [0, 0.05) is 37.5 Å². The van der Waals surface area contributed by atoms with Gasteiger partial charge in [-0.25, -0.2) is 0 Å². The lowest BCUT2D eigenvalue weighted by Gasteiger charge is -2.47. The first-order valence-electron chi connectivity index (χ1n) is 9.24. The van der Waals surface area contributed by atoms with E-state index in [9.17, 15) is 0 Å². The van der Waals surface area contributed by atoms with Crippen LogP contribution >= 0.6 is 0 Å². The Hall–Kier alpha value is 1.38. The summed E-state index contributed by atoms with van der Waals surface area (Å²) in [6.45, 7) is 8.75. The van der Waals surface area contributed by atoms with Gasteiger partial charge >= 0.3 is 0 Å². The Morgan fingerprint density at radius 2 is 1.23 bits per heavy atom. The molecule has 4 heteroatoms. The second-order valence-corrected chi connectivity index (χ2v) is 8.81. The molecule has 0 aromatic heterocycles. The highest BCUT2D eigenvalue weighted by molar-refractivity contribution is 4.77. The summed E-state index contributed by atoms with van der Waals surface area (Å²) in [6, 6.07) is 0. The largest absolute Gasteiger partial charge is 1.00 e. The molecule has 0 N–H and O–H groups in total. The Labute approximate surface area is 172 Å². The number of hydrogen-bond acceptors (Lipinski definition) is 0. The van der Waals surface area contributed by atoms with E-state index >= 15 is 0 Å². The molecule has 2 aliphatic heterocycles. The van der Waals surface area contributed by atoms with E-state index in [1.807, 2.05) is 0 Å². The van der Waals surface area contributed by atoms with Crippen molar-refractivity contribution in [2.24, 2.45) is 11.8 Å². The maximum atomic E-state index is 2.55. The van der Waals surface area contributed by atoms with Crippen LogP contribution in [0.4, 0.5) is 0 Å². The topological polar surface area (TPSA) is 0 Å². The minimum absolute atomic E-state index is 0. The number of hydrogen-bond donors (Lipinski definition) is 0. The average Bonchev–Trinajstić information content (AvgIpc) is 2.82. The molecule has 3 fully saturated rings. The molecule has 2 bridgehead atoms. The molecule has 132 valence electrons. The van der Waals surface area contributed by atoms with E-state index in [1.165, 1.54) is 93.2 Å². The Bertz CT molecular complexity index is 317. The standard InChI is InChI=1S/C18H36N2.2HI/c1-19(10-3-4-11-19)12-5-6-13-20(2)15-17-8-7-9-18(14-17)16-20;;/h17-18H,3-16H2,1-2H3;2*1H/q+2;;/p-2. The predicted molar refractivity (Wildman–Crippen MR) is 85.5 cm³/mol. The Morgan fingerprint density at radius 3 is 1.77 bits per heavy atom. The van der Waals surface area contributed by atoms with Gasteiger partial charge in [-0.3, -0.25) is 0 Å². The summed E-state index contributed by atoms with van der Waals surface area (Å²) in [5.41, 5.74) is 0. The summed E-state index contributed by atoms with van der Waals surface area (Å²) in [6.07, 6.45) is 12.0. The van der Waals surface area contributed by atoms with Crippen molar-refractivity contribution < 1.29 is 56.9 Å². The van der Waals surface area contributed by atoms with Gasteiger partial charge in [0.15, 0.2) is 0 Å². The smallest absolute Gasteiger partial charge is 0.0813 e. The molecule has 2 atom stereocenters. The van der Waals surface area contributed by atoms with E-state index in [4.69, 9.17) is 0 Å². The zero-order chi connectivity index (χ0) is 14.1. The molecule has 2 unspecified atom stereocenters. The highest BCUT2D eigenvalue weighted by atomic mass is 127. The molecule has 0 amide bonds. The quantitative estimate of drug-likeness (QED) is 0.205. The first kappa shape index (κ1) is 21.4. The van der Waals surface area contributed by atoms with Gasteiger partial charge in [0.25, 0.3) is 0 Å².